The van der Waals surface area contributed by atoms with E-state index in [9.17, 15) is 9.59 Å². The van der Waals surface area contributed by atoms with E-state index < -0.39 is 0 Å². The summed E-state index contributed by atoms with van der Waals surface area (Å²) in [5.74, 6) is 0.118. The van der Waals surface area contributed by atoms with E-state index in [2.05, 4.69) is 10.3 Å². The van der Waals surface area contributed by atoms with Crippen LogP contribution in [0.2, 0.25) is 0 Å². The number of rotatable bonds is 5. The summed E-state index contributed by atoms with van der Waals surface area (Å²) in [4.78, 5) is 31.4. The lowest BCUT2D eigenvalue weighted by atomic mass is 10.2. The van der Waals surface area contributed by atoms with Gasteiger partial charge in [0.05, 0.1) is 11.2 Å². The Labute approximate surface area is 145 Å². The molecule has 1 aliphatic heterocycles. The molecule has 3 rings (SSSR count). The summed E-state index contributed by atoms with van der Waals surface area (Å²) < 4.78 is 0. The van der Waals surface area contributed by atoms with Crippen molar-refractivity contribution in [3.05, 3.63) is 40.3 Å². The molecule has 6 heteroatoms. The Morgan fingerprint density at radius 1 is 1.46 bits per heavy atom. The minimum Gasteiger partial charge on any atom is -0.326 e. The maximum atomic E-state index is 12.2. The van der Waals surface area contributed by atoms with Crippen molar-refractivity contribution in [1.29, 1.82) is 0 Å². The van der Waals surface area contributed by atoms with Gasteiger partial charge >= 0.3 is 0 Å². The van der Waals surface area contributed by atoms with E-state index >= 15 is 0 Å². The van der Waals surface area contributed by atoms with Gasteiger partial charge in [-0.05, 0) is 44.9 Å². The number of anilines is 2. The Morgan fingerprint density at radius 2 is 2.29 bits per heavy atom. The molecule has 5 nitrogen and oxygen atoms in total. The average molecular weight is 343 g/mol. The molecule has 126 valence electrons. The molecule has 1 aliphatic rings. The van der Waals surface area contributed by atoms with Gasteiger partial charge in [-0.1, -0.05) is 6.07 Å². The molecule has 1 aromatic carbocycles. The van der Waals surface area contributed by atoms with Crippen molar-refractivity contribution in [3.8, 4) is 0 Å². The predicted molar refractivity (Wildman–Crippen MR) is 96.4 cm³/mol. The number of benzene rings is 1. The number of aromatic nitrogens is 1. The Morgan fingerprint density at radius 3 is 2.96 bits per heavy atom. The zero-order valence-corrected chi connectivity index (χ0v) is 14.7. The van der Waals surface area contributed by atoms with Gasteiger partial charge in [0.25, 0.3) is 0 Å². The lowest BCUT2D eigenvalue weighted by Gasteiger charge is -2.22. The van der Waals surface area contributed by atoms with Crippen LogP contribution in [0.25, 0.3) is 0 Å². The quantitative estimate of drug-likeness (QED) is 0.903. The van der Waals surface area contributed by atoms with Gasteiger partial charge in [0.2, 0.25) is 11.8 Å². The van der Waals surface area contributed by atoms with Gasteiger partial charge in [-0.25, -0.2) is 4.98 Å². The molecule has 1 fully saturated rings. The molecule has 24 heavy (non-hydrogen) atoms. The summed E-state index contributed by atoms with van der Waals surface area (Å²) in [5, 5.41) is 2.92. The highest BCUT2D eigenvalue weighted by Crippen LogP contribution is 2.28. The van der Waals surface area contributed by atoms with Crippen LogP contribution in [-0.4, -0.2) is 22.8 Å². The van der Waals surface area contributed by atoms with Crippen LogP contribution in [0.3, 0.4) is 0 Å². The maximum Gasteiger partial charge on any atom is 0.227 e. The van der Waals surface area contributed by atoms with Crippen molar-refractivity contribution in [3.63, 3.8) is 0 Å². The molecule has 2 heterocycles. The molecule has 0 radical (unpaired) electrons. The van der Waals surface area contributed by atoms with Gasteiger partial charge < -0.3 is 10.2 Å². The number of nitrogens with one attached hydrogen (secondary N) is 1. The third-order valence-corrected chi connectivity index (χ3v) is 5.31. The minimum atomic E-state index is -0.0271. The molecular weight excluding hydrogens is 322 g/mol. The van der Waals surface area contributed by atoms with E-state index in [4.69, 9.17) is 0 Å². The van der Waals surface area contributed by atoms with Crippen molar-refractivity contribution in [2.75, 3.05) is 10.2 Å². The van der Waals surface area contributed by atoms with Crippen LogP contribution in [0.4, 0.5) is 11.4 Å². The number of amides is 2. The number of hydrogen-bond donors (Lipinski definition) is 1. The van der Waals surface area contributed by atoms with Crippen LogP contribution in [0.5, 0.6) is 0 Å². The second kappa shape index (κ2) is 7.13. The fraction of sp³-hybridized carbons (Fsp3) is 0.389. The lowest BCUT2D eigenvalue weighted by Crippen LogP contribution is -2.30. The first kappa shape index (κ1) is 16.6. The van der Waals surface area contributed by atoms with E-state index in [0.717, 1.165) is 28.4 Å². The molecule has 0 saturated carbocycles. The molecular formula is C18H21N3O2S. The van der Waals surface area contributed by atoms with Gasteiger partial charge in [0.15, 0.2) is 0 Å². The number of hydrogen-bond acceptors (Lipinski definition) is 4. The van der Waals surface area contributed by atoms with E-state index in [1.54, 1.807) is 16.8 Å². The molecule has 2 aromatic rings. The molecule has 2 amide bonds. The van der Waals surface area contributed by atoms with Crippen molar-refractivity contribution in [2.24, 2.45) is 0 Å². The normalized spacial score (nSPS) is 17.3. The molecule has 0 aliphatic carbocycles. The first-order chi connectivity index (χ1) is 11.5. The summed E-state index contributed by atoms with van der Waals surface area (Å²) in [7, 11) is 0. The van der Waals surface area contributed by atoms with Crippen LogP contribution < -0.4 is 10.2 Å². The van der Waals surface area contributed by atoms with Crippen molar-refractivity contribution in [1.82, 2.24) is 4.98 Å². The lowest BCUT2D eigenvalue weighted by molar-refractivity contribution is -0.117. The van der Waals surface area contributed by atoms with Crippen LogP contribution in [0.1, 0.15) is 36.8 Å². The number of carbonyl (C=O) groups is 2. The van der Waals surface area contributed by atoms with Crippen LogP contribution in [0, 0.1) is 6.92 Å². The SMILES string of the molecule is Cc1ncsc1CCC(=O)Nc1cccc(N2C(=O)CCC2C)c1. The van der Waals surface area contributed by atoms with Gasteiger partial charge in [-0.15, -0.1) is 11.3 Å². The standard InChI is InChI=1S/C18H21N3O2S/c1-12-6-9-18(23)21(12)15-5-3-4-14(10-15)20-17(22)8-7-16-13(2)19-11-24-16/h3-5,10-12H,6-9H2,1-2H3,(H,20,22). The molecule has 0 bridgehead atoms. The average Bonchev–Trinajstić information content (AvgIpc) is 3.11. The first-order valence-electron chi connectivity index (χ1n) is 8.15. The van der Waals surface area contributed by atoms with Crippen LogP contribution in [-0.2, 0) is 16.0 Å². The Hall–Kier alpha value is -2.21. The summed E-state index contributed by atoms with van der Waals surface area (Å²) in [5.41, 5.74) is 4.38. The van der Waals surface area contributed by atoms with E-state index in [0.29, 0.717) is 19.3 Å². The third kappa shape index (κ3) is 3.64. The van der Waals surface area contributed by atoms with E-state index in [1.807, 2.05) is 43.0 Å². The number of thiazole rings is 1. The fourth-order valence-electron chi connectivity index (χ4n) is 2.98. The first-order valence-corrected chi connectivity index (χ1v) is 9.03. The van der Waals surface area contributed by atoms with E-state index in [1.165, 1.54) is 0 Å². The van der Waals surface area contributed by atoms with Gasteiger partial charge in [0, 0.05) is 35.1 Å². The summed E-state index contributed by atoms with van der Waals surface area (Å²) >= 11 is 1.58. The van der Waals surface area contributed by atoms with Gasteiger partial charge in [0.1, 0.15) is 0 Å². The Bertz CT molecular complexity index is 756. The van der Waals surface area contributed by atoms with Gasteiger partial charge in [-0.3, -0.25) is 9.59 Å². The topological polar surface area (TPSA) is 62.3 Å². The van der Waals surface area contributed by atoms with Crippen LogP contribution in [0.15, 0.2) is 29.8 Å². The fourth-order valence-corrected chi connectivity index (χ4v) is 3.76. The molecule has 1 aromatic heterocycles. The number of carbonyl (C=O) groups excluding carboxylic acids is 2. The Balaban J connectivity index is 1.63. The van der Waals surface area contributed by atoms with Crippen LogP contribution >= 0.6 is 11.3 Å². The molecule has 1 saturated heterocycles. The highest BCUT2D eigenvalue weighted by Gasteiger charge is 2.28. The van der Waals surface area contributed by atoms with Crippen molar-refractivity contribution < 1.29 is 9.59 Å². The predicted octanol–water partition coefficient (Wildman–Crippen LogP) is 3.54. The van der Waals surface area contributed by atoms with Crippen molar-refractivity contribution in [2.45, 2.75) is 45.6 Å². The summed E-state index contributed by atoms with van der Waals surface area (Å²) in [6, 6.07) is 7.71. The highest BCUT2D eigenvalue weighted by atomic mass is 32.1. The number of aryl methyl sites for hydroxylation is 2. The zero-order chi connectivity index (χ0) is 17.1. The zero-order valence-electron chi connectivity index (χ0n) is 13.9. The van der Waals surface area contributed by atoms with E-state index in [-0.39, 0.29) is 17.9 Å². The minimum absolute atomic E-state index is 0.0271. The molecule has 1 atom stereocenters. The summed E-state index contributed by atoms with van der Waals surface area (Å²) in [6.45, 7) is 4.01. The second-order valence-electron chi connectivity index (χ2n) is 6.11. The third-order valence-electron chi connectivity index (χ3n) is 4.32. The highest BCUT2D eigenvalue weighted by molar-refractivity contribution is 7.09. The smallest absolute Gasteiger partial charge is 0.227 e. The summed E-state index contributed by atoms with van der Waals surface area (Å²) in [6.07, 6.45) is 2.59. The monoisotopic (exact) mass is 343 g/mol. The maximum absolute atomic E-state index is 12.2. The number of nitrogens with zero attached hydrogens (tertiary/aromatic N) is 2. The molecule has 0 spiro atoms. The largest absolute Gasteiger partial charge is 0.326 e. The second-order valence-corrected chi connectivity index (χ2v) is 7.05. The molecule has 1 unspecified atom stereocenters. The molecule has 1 N–H and O–H groups in total. The Kier molecular flexibility index (Phi) is 4.94. The van der Waals surface area contributed by atoms with Crippen molar-refractivity contribution >= 4 is 34.5 Å². The van der Waals surface area contributed by atoms with Gasteiger partial charge in [-0.2, -0.15) is 0 Å².